The van der Waals surface area contributed by atoms with Crippen LogP contribution in [-0.4, -0.2) is 45.2 Å². The second-order valence-corrected chi connectivity index (χ2v) is 8.03. The van der Waals surface area contributed by atoms with Gasteiger partial charge in [-0.15, -0.1) is 0 Å². The Kier molecular flexibility index (Phi) is 4.98. The van der Waals surface area contributed by atoms with Gasteiger partial charge >= 0.3 is 0 Å². The molecule has 4 nitrogen and oxygen atoms in total. The molecule has 0 aromatic rings. The average molecular weight is 263 g/mol. The minimum atomic E-state index is -3.06. The summed E-state index contributed by atoms with van der Waals surface area (Å²) in [5.41, 5.74) is 0. The zero-order chi connectivity index (χ0) is 13.1. The van der Waals surface area contributed by atoms with Gasteiger partial charge in [-0.2, -0.15) is 0 Å². The van der Waals surface area contributed by atoms with E-state index in [4.69, 9.17) is 4.74 Å². The van der Waals surface area contributed by atoms with Gasteiger partial charge in [0.05, 0.1) is 10.9 Å². The van der Waals surface area contributed by atoms with Gasteiger partial charge in [0.2, 0.25) is 0 Å². The van der Waals surface area contributed by atoms with E-state index >= 15 is 0 Å². The molecule has 0 aliphatic carbocycles. The summed E-state index contributed by atoms with van der Waals surface area (Å²) in [7, 11) is -1.24. The Labute approximate surface area is 105 Å². The quantitative estimate of drug-likeness (QED) is 0.786. The SMILES string of the molecule is CNC(CCC1CCCO1)C(C)(C)S(C)(=O)=O. The number of hydrogen-bond donors (Lipinski definition) is 1. The molecule has 1 N–H and O–H groups in total. The molecule has 0 bridgehead atoms. The van der Waals surface area contributed by atoms with Crippen LogP contribution in [0.3, 0.4) is 0 Å². The number of ether oxygens (including phenoxy) is 1. The lowest BCUT2D eigenvalue weighted by Gasteiger charge is -2.33. The van der Waals surface area contributed by atoms with Gasteiger partial charge in [0.15, 0.2) is 9.84 Å². The van der Waals surface area contributed by atoms with Crippen molar-refractivity contribution in [2.75, 3.05) is 19.9 Å². The molecule has 5 heteroatoms. The van der Waals surface area contributed by atoms with Gasteiger partial charge in [-0.05, 0) is 46.6 Å². The maximum Gasteiger partial charge on any atom is 0.154 e. The number of nitrogens with one attached hydrogen (secondary N) is 1. The third-order valence-electron chi connectivity index (χ3n) is 3.94. The van der Waals surface area contributed by atoms with Crippen molar-refractivity contribution in [1.29, 1.82) is 0 Å². The molecule has 1 rings (SSSR count). The van der Waals surface area contributed by atoms with Crippen molar-refractivity contribution in [3.05, 3.63) is 0 Å². The zero-order valence-electron chi connectivity index (χ0n) is 11.3. The van der Waals surface area contributed by atoms with E-state index in [1.54, 1.807) is 13.8 Å². The monoisotopic (exact) mass is 263 g/mol. The molecule has 0 amide bonds. The lowest BCUT2D eigenvalue weighted by Crippen LogP contribution is -2.50. The first-order valence-electron chi connectivity index (χ1n) is 6.27. The van der Waals surface area contributed by atoms with Crippen LogP contribution in [0.5, 0.6) is 0 Å². The molecule has 17 heavy (non-hydrogen) atoms. The summed E-state index contributed by atoms with van der Waals surface area (Å²) < 4.78 is 28.4. The first-order chi connectivity index (χ1) is 7.79. The molecule has 1 saturated heterocycles. The molecule has 102 valence electrons. The summed E-state index contributed by atoms with van der Waals surface area (Å²) in [4.78, 5) is 0. The third kappa shape index (κ3) is 3.66. The van der Waals surface area contributed by atoms with Crippen LogP contribution in [-0.2, 0) is 14.6 Å². The molecule has 0 saturated carbocycles. The fourth-order valence-corrected chi connectivity index (χ4v) is 3.08. The Bertz CT molecular complexity index is 332. The topological polar surface area (TPSA) is 55.4 Å². The van der Waals surface area contributed by atoms with Crippen molar-refractivity contribution < 1.29 is 13.2 Å². The van der Waals surface area contributed by atoms with E-state index in [0.717, 1.165) is 32.3 Å². The normalized spacial score (nSPS) is 23.9. The lowest BCUT2D eigenvalue weighted by molar-refractivity contribution is 0.0987. The summed E-state index contributed by atoms with van der Waals surface area (Å²) in [6, 6.07) is -0.0262. The van der Waals surface area contributed by atoms with Crippen LogP contribution in [0.15, 0.2) is 0 Å². The van der Waals surface area contributed by atoms with Crippen molar-refractivity contribution in [3.8, 4) is 0 Å². The highest BCUT2D eigenvalue weighted by Crippen LogP contribution is 2.26. The van der Waals surface area contributed by atoms with Crippen LogP contribution in [0.1, 0.15) is 39.5 Å². The van der Waals surface area contributed by atoms with Gasteiger partial charge in [0.1, 0.15) is 0 Å². The molecular weight excluding hydrogens is 238 g/mol. The molecule has 0 aromatic heterocycles. The largest absolute Gasteiger partial charge is 0.378 e. The fraction of sp³-hybridized carbons (Fsp3) is 1.00. The molecular formula is C12H25NO3S. The summed E-state index contributed by atoms with van der Waals surface area (Å²) >= 11 is 0. The zero-order valence-corrected chi connectivity index (χ0v) is 12.1. The van der Waals surface area contributed by atoms with E-state index in [1.807, 2.05) is 7.05 Å². The van der Waals surface area contributed by atoms with Crippen LogP contribution in [0.2, 0.25) is 0 Å². The molecule has 2 atom stereocenters. The van der Waals surface area contributed by atoms with Gasteiger partial charge < -0.3 is 10.1 Å². The van der Waals surface area contributed by atoms with Gasteiger partial charge in [0.25, 0.3) is 0 Å². The van der Waals surface area contributed by atoms with Gasteiger partial charge in [-0.3, -0.25) is 0 Å². The summed E-state index contributed by atoms with van der Waals surface area (Å²) in [6.45, 7) is 4.43. The molecule has 1 fully saturated rings. The Morgan fingerprint density at radius 3 is 2.53 bits per heavy atom. The second kappa shape index (κ2) is 5.67. The smallest absolute Gasteiger partial charge is 0.154 e. The fourth-order valence-electron chi connectivity index (χ4n) is 2.32. The molecule has 1 aliphatic heterocycles. The maximum absolute atomic E-state index is 11.8. The number of sulfone groups is 1. The van der Waals surface area contributed by atoms with E-state index in [1.165, 1.54) is 6.26 Å². The minimum absolute atomic E-state index is 0.0262. The highest BCUT2D eigenvalue weighted by atomic mass is 32.2. The Morgan fingerprint density at radius 2 is 2.12 bits per heavy atom. The second-order valence-electron chi connectivity index (χ2n) is 5.43. The first kappa shape index (κ1) is 14.9. The van der Waals surface area contributed by atoms with Gasteiger partial charge in [-0.1, -0.05) is 0 Å². The predicted octanol–water partition coefficient (Wildman–Crippen LogP) is 1.36. The predicted molar refractivity (Wildman–Crippen MR) is 70.0 cm³/mol. The van der Waals surface area contributed by atoms with Crippen molar-refractivity contribution in [3.63, 3.8) is 0 Å². The van der Waals surface area contributed by atoms with Gasteiger partial charge in [-0.25, -0.2) is 8.42 Å². The third-order valence-corrected chi connectivity index (χ3v) is 6.14. The van der Waals surface area contributed by atoms with Crippen molar-refractivity contribution in [2.45, 2.75) is 56.4 Å². The molecule has 1 aliphatic rings. The first-order valence-corrected chi connectivity index (χ1v) is 8.16. The number of rotatable bonds is 6. The van der Waals surface area contributed by atoms with Crippen LogP contribution >= 0.6 is 0 Å². The molecule has 0 spiro atoms. The van der Waals surface area contributed by atoms with E-state index in [-0.39, 0.29) is 6.04 Å². The average Bonchev–Trinajstić information content (AvgIpc) is 2.69. The van der Waals surface area contributed by atoms with E-state index in [9.17, 15) is 8.42 Å². The lowest BCUT2D eigenvalue weighted by atomic mass is 9.96. The van der Waals surface area contributed by atoms with Gasteiger partial charge in [0, 0.05) is 18.9 Å². The minimum Gasteiger partial charge on any atom is -0.378 e. The number of hydrogen-bond acceptors (Lipinski definition) is 4. The van der Waals surface area contributed by atoms with Crippen LogP contribution in [0.25, 0.3) is 0 Å². The Hall–Kier alpha value is -0.130. The molecule has 0 radical (unpaired) electrons. The maximum atomic E-state index is 11.8. The molecule has 2 unspecified atom stereocenters. The summed E-state index contributed by atoms with van der Waals surface area (Å²) in [6.07, 6.45) is 5.64. The Morgan fingerprint density at radius 1 is 1.47 bits per heavy atom. The van der Waals surface area contributed by atoms with Crippen molar-refractivity contribution in [2.24, 2.45) is 0 Å². The van der Waals surface area contributed by atoms with Crippen LogP contribution in [0.4, 0.5) is 0 Å². The van der Waals surface area contributed by atoms with Crippen LogP contribution < -0.4 is 5.32 Å². The van der Waals surface area contributed by atoms with E-state index < -0.39 is 14.6 Å². The standard InChI is InChI=1S/C12H25NO3S/c1-12(2,17(4,14)15)11(13-3)8-7-10-6-5-9-16-10/h10-11,13H,5-9H2,1-4H3. The van der Waals surface area contributed by atoms with Crippen LogP contribution in [0, 0.1) is 0 Å². The summed E-state index contributed by atoms with van der Waals surface area (Å²) in [5, 5.41) is 3.14. The highest BCUT2D eigenvalue weighted by Gasteiger charge is 2.38. The Balaban J connectivity index is 2.58. The molecule has 0 aromatic carbocycles. The molecule has 1 heterocycles. The van der Waals surface area contributed by atoms with E-state index in [0.29, 0.717) is 6.10 Å². The summed E-state index contributed by atoms with van der Waals surface area (Å²) in [5.74, 6) is 0. The van der Waals surface area contributed by atoms with E-state index in [2.05, 4.69) is 5.32 Å². The van der Waals surface area contributed by atoms with Crippen molar-refractivity contribution in [1.82, 2.24) is 5.32 Å². The highest BCUT2D eigenvalue weighted by molar-refractivity contribution is 7.92. The van der Waals surface area contributed by atoms with Crippen molar-refractivity contribution >= 4 is 9.84 Å².